The Morgan fingerprint density at radius 1 is 1.33 bits per heavy atom. The van der Waals surface area contributed by atoms with Crippen molar-refractivity contribution in [1.29, 1.82) is 0 Å². The first-order chi connectivity index (χ1) is 13.1. The van der Waals surface area contributed by atoms with Gasteiger partial charge in [-0.25, -0.2) is 9.67 Å². The van der Waals surface area contributed by atoms with Crippen LogP contribution in [0.5, 0.6) is 0 Å². The molecule has 1 aliphatic rings. The second kappa shape index (κ2) is 6.96. The zero-order valence-electron chi connectivity index (χ0n) is 15.3. The molecule has 2 aromatic heterocycles. The van der Waals surface area contributed by atoms with Gasteiger partial charge in [0.05, 0.1) is 24.6 Å². The van der Waals surface area contributed by atoms with Gasteiger partial charge in [-0.15, -0.1) is 0 Å². The van der Waals surface area contributed by atoms with Crippen molar-refractivity contribution >= 4 is 5.91 Å². The molecule has 1 amide bonds. The van der Waals surface area contributed by atoms with E-state index < -0.39 is 5.91 Å². The quantitative estimate of drug-likeness (QED) is 0.711. The molecule has 0 unspecified atom stereocenters. The lowest BCUT2D eigenvalue weighted by molar-refractivity contribution is -0.117. The number of fused-ring (bicyclic) bond motifs is 1. The van der Waals surface area contributed by atoms with Gasteiger partial charge in [0, 0.05) is 7.11 Å². The summed E-state index contributed by atoms with van der Waals surface area (Å²) in [5.41, 5.74) is 9.36. The summed E-state index contributed by atoms with van der Waals surface area (Å²) in [5.74, 6) is 1.17. The maximum absolute atomic E-state index is 11.4. The molecule has 0 saturated heterocycles. The van der Waals surface area contributed by atoms with Crippen molar-refractivity contribution in [2.75, 3.05) is 7.11 Å². The smallest absolute Gasteiger partial charge is 0.225 e. The summed E-state index contributed by atoms with van der Waals surface area (Å²) in [6.07, 6.45) is 1.67. The van der Waals surface area contributed by atoms with Crippen molar-refractivity contribution in [1.82, 2.24) is 19.9 Å². The maximum Gasteiger partial charge on any atom is 0.225 e. The van der Waals surface area contributed by atoms with Crippen molar-refractivity contribution in [3.63, 3.8) is 0 Å². The van der Waals surface area contributed by atoms with Gasteiger partial charge in [0.1, 0.15) is 5.76 Å². The number of hydrogen-bond donors (Lipinski definition) is 1. The van der Waals surface area contributed by atoms with E-state index in [0.29, 0.717) is 29.7 Å². The molecule has 2 heterocycles. The minimum atomic E-state index is -0.471. The van der Waals surface area contributed by atoms with Crippen LogP contribution in [0.3, 0.4) is 0 Å². The predicted molar refractivity (Wildman–Crippen MR) is 96.8 cm³/mol. The van der Waals surface area contributed by atoms with Gasteiger partial charge in [0.15, 0.2) is 17.3 Å². The van der Waals surface area contributed by atoms with Gasteiger partial charge in [-0.3, -0.25) is 4.79 Å². The Labute approximate surface area is 156 Å². The number of primary amides is 1. The second-order valence-corrected chi connectivity index (χ2v) is 6.77. The standard InChI is InChI=1S/C19H21N5O3/c1-11-15(10-26-2)18(23-27-11)19-21-17(9-16(20)25)22-24(19)14-7-12-5-3-4-6-13(12)8-14/h3-6,14H,7-10H2,1-2H3,(H2,20,25). The number of carbonyl (C=O) groups is 1. The molecular formula is C19H21N5O3. The maximum atomic E-state index is 11.4. The minimum Gasteiger partial charge on any atom is -0.380 e. The topological polar surface area (TPSA) is 109 Å². The Balaban J connectivity index is 1.77. The SMILES string of the molecule is COCc1c(-c2nc(CC(N)=O)nn2C2Cc3ccccc3C2)noc1C. The van der Waals surface area contributed by atoms with Crippen LogP contribution in [0.25, 0.3) is 11.5 Å². The summed E-state index contributed by atoms with van der Waals surface area (Å²) in [7, 11) is 1.62. The Hall–Kier alpha value is -3.00. The highest BCUT2D eigenvalue weighted by molar-refractivity contribution is 5.75. The van der Waals surface area contributed by atoms with Crippen LogP contribution < -0.4 is 5.73 Å². The van der Waals surface area contributed by atoms with E-state index in [1.54, 1.807) is 7.11 Å². The minimum absolute atomic E-state index is 0.0177. The van der Waals surface area contributed by atoms with Crippen LogP contribution in [-0.4, -0.2) is 32.9 Å². The molecule has 27 heavy (non-hydrogen) atoms. The molecule has 0 radical (unpaired) electrons. The normalized spacial score (nSPS) is 13.9. The van der Waals surface area contributed by atoms with Crippen molar-refractivity contribution in [3.8, 4) is 11.5 Å². The summed E-state index contributed by atoms with van der Waals surface area (Å²) in [4.78, 5) is 15.9. The summed E-state index contributed by atoms with van der Waals surface area (Å²) < 4.78 is 12.5. The molecule has 1 aromatic carbocycles. The van der Waals surface area contributed by atoms with E-state index >= 15 is 0 Å². The highest BCUT2D eigenvalue weighted by Crippen LogP contribution is 2.34. The van der Waals surface area contributed by atoms with Crippen LogP contribution in [-0.2, 0) is 35.4 Å². The van der Waals surface area contributed by atoms with E-state index in [1.807, 2.05) is 23.7 Å². The molecule has 0 fully saturated rings. The third-order valence-corrected chi connectivity index (χ3v) is 4.87. The molecule has 0 spiro atoms. The number of methoxy groups -OCH3 is 1. The summed E-state index contributed by atoms with van der Waals surface area (Å²) in [5, 5.41) is 8.77. The van der Waals surface area contributed by atoms with Crippen LogP contribution in [0, 0.1) is 6.92 Å². The molecular weight excluding hydrogens is 346 g/mol. The molecule has 4 rings (SSSR count). The van der Waals surface area contributed by atoms with E-state index in [2.05, 4.69) is 27.4 Å². The number of nitrogens with zero attached hydrogens (tertiary/aromatic N) is 4. The Kier molecular flexibility index (Phi) is 4.49. The van der Waals surface area contributed by atoms with Crippen LogP contribution >= 0.6 is 0 Å². The van der Waals surface area contributed by atoms with E-state index in [-0.39, 0.29) is 12.5 Å². The van der Waals surface area contributed by atoms with Crippen molar-refractivity contribution < 1.29 is 14.1 Å². The molecule has 2 N–H and O–H groups in total. The highest BCUT2D eigenvalue weighted by atomic mass is 16.5. The van der Waals surface area contributed by atoms with Gasteiger partial charge in [0.2, 0.25) is 5.91 Å². The second-order valence-electron chi connectivity index (χ2n) is 6.77. The zero-order valence-corrected chi connectivity index (χ0v) is 15.3. The number of rotatable bonds is 6. The van der Waals surface area contributed by atoms with Crippen LogP contribution in [0.1, 0.15) is 34.3 Å². The van der Waals surface area contributed by atoms with Gasteiger partial charge >= 0.3 is 0 Å². The number of aryl methyl sites for hydroxylation is 1. The van der Waals surface area contributed by atoms with Crippen molar-refractivity contribution in [3.05, 3.63) is 52.5 Å². The van der Waals surface area contributed by atoms with Gasteiger partial charge in [-0.2, -0.15) is 5.10 Å². The van der Waals surface area contributed by atoms with Crippen LogP contribution in [0.4, 0.5) is 0 Å². The fourth-order valence-electron chi connectivity index (χ4n) is 3.60. The number of hydrogen-bond acceptors (Lipinski definition) is 6. The van der Waals surface area contributed by atoms with Crippen molar-refractivity contribution in [2.24, 2.45) is 5.73 Å². The van der Waals surface area contributed by atoms with Crippen molar-refractivity contribution in [2.45, 2.75) is 38.8 Å². The lowest BCUT2D eigenvalue weighted by Crippen LogP contribution is -2.16. The monoisotopic (exact) mass is 367 g/mol. The Bertz CT molecular complexity index is 966. The lowest BCUT2D eigenvalue weighted by Gasteiger charge is -2.12. The summed E-state index contributed by atoms with van der Waals surface area (Å²) in [6, 6.07) is 8.44. The number of nitrogens with two attached hydrogens (primary N) is 1. The summed E-state index contributed by atoms with van der Waals surface area (Å²) >= 11 is 0. The molecule has 0 aliphatic heterocycles. The van der Waals surface area contributed by atoms with E-state index in [4.69, 9.17) is 15.0 Å². The molecule has 8 nitrogen and oxygen atoms in total. The Morgan fingerprint density at radius 2 is 2.04 bits per heavy atom. The number of amides is 1. The fraction of sp³-hybridized carbons (Fsp3) is 0.368. The van der Waals surface area contributed by atoms with Gasteiger partial charge in [0.25, 0.3) is 0 Å². The zero-order chi connectivity index (χ0) is 19.0. The van der Waals surface area contributed by atoms with Crippen LogP contribution in [0.15, 0.2) is 28.8 Å². The first kappa shape index (κ1) is 17.4. The molecule has 3 aromatic rings. The average Bonchev–Trinajstić information content (AvgIpc) is 3.32. The van der Waals surface area contributed by atoms with E-state index in [9.17, 15) is 4.79 Å². The lowest BCUT2D eigenvalue weighted by atomic mass is 10.1. The van der Waals surface area contributed by atoms with Crippen LogP contribution in [0.2, 0.25) is 0 Å². The molecule has 140 valence electrons. The largest absolute Gasteiger partial charge is 0.380 e. The number of benzene rings is 1. The molecule has 0 atom stereocenters. The van der Waals surface area contributed by atoms with E-state index in [0.717, 1.165) is 18.4 Å². The molecule has 8 heteroatoms. The number of ether oxygens (including phenoxy) is 1. The molecule has 0 bridgehead atoms. The van der Waals surface area contributed by atoms with Gasteiger partial charge in [-0.05, 0) is 30.9 Å². The molecule has 1 aliphatic carbocycles. The first-order valence-electron chi connectivity index (χ1n) is 8.81. The fourth-order valence-corrected chi connectivity index (χ4v) is 3.60. The van der Waals surface area contributed by atoms with E-state index in [1.165, 1.54) is 11.1 Å². The van der Waals surface area contributed by atoms with Gasteiger partial charge < -0.3 is 15.0 Å². The Morgan fingerprint density at radius 3 is 2.67 bits per heavy atom. The number of carbonyl (C=O) groups excluding carboxylic acids is 1. The third-order valence-electron chi connectivity index (χ3n) is 4.87. The first-order valence-corrected chi connectivity index (χ1v) is 8.81. The predicted octanol–water partition coefficient (Wildman–Crippen LogP) is 1.76. The van der Waals surface area contributed by atoms with Gasteiger partial charge in [-0.1, -0.05) is 29.4 Å². The average molecular weight is 367 g/mol. The third kappa shape index (κ3) is 3.23. The summed E-state index contributed by atoms with van der Waals surface area (Å²) in [6.45, 7) is 2.19. The number of aromatic nitrogens is 4. The molecule has 0 saturated carbocycles. The highest BCUT2D eigenvalue weighted by Gasteiger charge is 2.29.